The summed E-state index contributed by atoms with van der Waals surface area (Å²) in [5.41, 5.74) is 5.01. The van der Waals surface area contributed by atoms with Crippen LogP contribution < -0.4 is 0 Å². The van der Waals surface area contributed by atoms with E-state index in [9.17, 15) is 4.79 Å². The Labute approximate surface area is 238 Å². The summed E-state index contributed by atoms with van der Waals surface area (Å²) in [5.74, 6) is 0.0674. The van der Waals surface area contributed by atoms with Gasteiger partial charge in [0.05, 0.1) is 6.61 Å². The highest BCUT2D eigenvalue weighted by atomic mass is 19.1. The van der Waals surface area contributed by atoms with Crippen LogP contribution in [0.1, 0.15) is 82.8 Å². The van der Waals surface area contributed by atoms with E-state index in [0.29, 0.717) is 40.7 Å². The smallest absolute Gasteiger partial charge is 0.333 e. The summed E-state index contributed by atoms with van der Waals surface area (Å²) in [4.78, 5) is 11.7. The summed E-state index contributed by atoms with van der Waals surface area (Å²) in [6, 6.07) is 18.5. The van der Waals surface area contributed by atoms with Crippen LogP contribution in [0.3, 0.4) is 0 Å². The fourth-order valence-electron chi connectivity index (χ4n) is 5.85. The standard InChI is InChI=1S/C36H42F2O2/c1-5-6-7-8-26-9-11-29(12-10-26)32-20-18-31(22-35(32)38)33-19-17-30(21-34(33)37)28-15-13-27(14-16-28)25(4)23-40-36(39)24(2)3/h9-12,17-22,25,27-28H,2,5-8,13-16,23H2,1,3-4H3. The highest BCUT2D eigenvalue weighted by molar-refractivity contribution is 5.86. The Morgan fingerprint density at radius 3 is 2.15 bits per heavy atom. The minimum atomic E-state index is -0.346. The van der Waals surface area contributed by atoms with Gasteiger partial charge in [-0.25, -0.2) is 13.6 Å². The van der Waals surface area contributed by atoms with Crippen molar-refractivity contribution in [2.45, 2.75) is 78.1 Å². The average molecular weight is 545 g/mol. The number of benzene rings is 3. The van der Waals surface area contributed by atoms with Crippen LogP contribution in [-0.2, 0) is 16.0 Å². The lowest BCUT2D eigenvalue weighted by Crippen LogP contribution is -2.24. The summed E-state index contributed by atoms with van der Waals surface area (Å²) in [7, 11) is 0. The molecule has 1 aliphatic rings. The van der Waals surface area contributed by atoms with E-state index in [0.717, 1.165) is 43.2 Å². The number of carbonyl (C=O) groups is 1. The van der Waals surface area contributed by atoms with Crippen LogP contribution in [0.4, 0.5) is 8.78 Å². The molecule has 4 heteroatoms. The van der Waals surface area contributed by atoms with E-state index in [1.54, 1.807) is 31.2 Å². The predicted octanol–water partition coefficient (Wildman–Crippen LogP) is 10.1. The second-order valence-electron chi connectivity index (χ2n) is 11.6. The third kappa shape index (κ3) is 7.47. The topological polar surface area (TPSA) is 26.3 Å². The van der Waals surface area contributed by atoms with Gasteiger partial charge in [-0.05, 0) is 97.6 Å². The number of hydrogen-bond donors (Lipinski definition) is 0. The largest absolute Gasteiger partial charge is 0.462 e. The average Bonchev–Trinajstić information content (AvgIpc) is 2.96. The molecule has 40 heavy (non-hydrogen) atoms. The molecule has 0 aliphatic heterocycles. The van der Waals surface area contributed by atoms with Gasteiger partial charge in [0, 0.05) is 16.7 Å². The lowest BCUT2D eigenvalue weighted by Gasteiger charge is -2.32. The first kappa shape index (κ1) is 29.7. The summed E-state index contributed by atoms with van der Waals surface area (Å²) >= 11 is 0. The first-order chi connectivity index (χ1) is 19.3. The molecule has 0 bridgehead atoms. The molecular formula is C36H42F2O2. The van der Waals surface area contributed by atoms with Crippen LogP contribution in [0.2, 0.25) is 0 Å². The van der Waals surface area contributed by atoms with Crippen molar-refractivity contribution in [2.75, 3.05) is 6.61 Å². The van der Waals surface area contributed by atoms with Crippen molar-refractivity contribution in [3.8, 4) is 22.3 Å². The quantitative estimate of drug-likeness (QED) is 0.136. The molecule has 2 nitrogen and oxygen atoms in total. The normalized spacial score (nSPS) is 17.8. The maximum absolute atomic E-state index is 15.3. The molecule has 3 aromatic carbocycles. The van der Waals surface area contributed by atoms with Crippen molar-refractivity contribution in [2.24, 2.45) is 11.8 Å². The zero-order chi connectivity index (χ0) is 28.6. The number of ether oxygens (including phenoxy) is 1. The van der Waals surface area contributed by atoms with E-state index in [1.165, 1.54) is 30.9 Å². The van der Waals surface area contributed by atoms with E-state index in [-0.39, 0.29) is 23.5 Å². The minimum Gasteiger partial charge on any atom is -0.462 e. The van der Waals surface area contributed by atoms with Crippen molar-refractivity contribution in [1.82, 2.24) is 0 Å². The monoisotopic (exact) mass is 544 g/mol. The maximum atomic E-state index is 15.3. The molecule has 0 saturated heterocycles. The highest BCUT2D eigenvalue weighted by Gasteiger charge is 2.27. The molecular weight excluding hydrogens is 502 g/mol. The first-order valence-corrected chi connectivity index (χ1v) is 14.8. The third-order valence-electron chi connectivity index (χ3n) is 8.48. The van der Waals surface area contributed by atoms with Crippen molar-refractivity contribution < 1.29 is 18.3 Å². The Morgan fingerprint density at radius 2 is 1.52 bits per heavy atom. The molecule has 3 aromatic rings. The van der Waals surface area contributed by atoms with Gasteiger partial charge in [-0.2, -0.15) is 0 Å². The van der Waals surface area contributed by atoms with Crippen LogP contribution in [0.15, 0.2) is 72.8 Å². The van der Waals surface area contributed by atoms with Gasteiger partial charge in [0.25, 0.3) is 0 Å². The molecule has 212 valence electrons. The summed E-state index contributed by atoms with van der Waals surface area (Å²) in [5, 5.41) is 0. The zero-order valence-electron chi connectivity index (χ0n) is 24.1. The van der Waals surface area contributed by atoms with Crippen molar-refractivity contribution in [3.63, 3.8) is 0 Å². The zero-order valence-corrected chi connectivity index (χ0v) is 24.1. The van der Waals surface area contributed by atoms with Gasteiger partial charge in [-0.15, -0.1) is 0 Å². The van der Waals surface area contributed by atoms with Crippen molar-refractivity contribution >= 4 is 5.97 Å². The molecule has 1 saturated carbocycles. The van der Waals surface area contributed by atoms with Crippen LogP contribution in [-0.4, -0.2) is 12.6 Å². The number of hydrogen-bond acceptors (Lipinski definition) is 2. The van der Waals surface area contributed by atoms with Crippen LogP contribution in [0.25, 0.3) is 22.3 Å². The number of halogens is 2. The molecule has 1 fully saturated rings. The van der Waals surface area contributed by atoms with Crippen molar-refractivity contribution in [3.05, 3.63) is 95.6 Å². The van der Waals surface area contributed by atoms with E-state index in [4.69, 9.17) is 4.74 Å². The molecule has 0 aromatic heterocycles. The van der Waals surface area contributed by atoms with Gasteiger partial charge >= 0.3 is 5.97 Å². The molecule has 0 amide bonds. The van der Waals surface area contributed by atoms with E-state index in [1.807, 2.05) is 18.2 Å². The molecule has 1 unspecified atom stereocenters. The Bertz CT molecular complexity index is 1300. The number of rotatable bonds is 11. The highest BCUT2D eigenvalue weighted by Crippen LogP contribution is 2.40. The minimum absolute atomic E-state index is 0.282. The number of unbranched alkanes of at least 4 members (excludes halogenated alkanes) is 2. The molecule has 4 rings (SSSR count). The number of esters is 1. The summed E-state index contributed by atoms with van der Waals surface area (Å²) < 4.78 is 35.8. The van der Waals surface area contributed by atoms with Gasteiger partial charge in [0.2, 0.25) is 0 Å². The second-order valence-corrected chi connectivity index (χ2v) is 11.6. The predicted molar refractivity (Wildman–Crippen MR) is 160 cm³/mol. The number of aryl methyl sites for hydroxylation is 1. The lowest BCUT2D eigenvalue weighted by molar-refractivity contribution is -0.140. The Balaban J connectivity index is 1.37. The molecule has 1 aliphatic carbocycles. The third-order valence-corrected chi connectivity index (χ3v) is 8.48. The van der Waals surface area contributed by atoms with Gasteiger partial charge in [0.15, 0.2) is 0 Å². The fraction of sp³-hybridized carbons (Fsp3) is 0.417. The molecule has 0 N–H and O–H groups in total. The lowest BCUT2D eigenvalue weighted by atomic mass is 9.74. The molecule has 1 atom stereocenters. The SMILES string of the molecule is C=C(C)C(=O)OCC(C)C1CCC(c2ccc(-c3ccc(-c4ccc(CCCCC)cc4)c(F)c3)c(F)c2)CC1. The Hall–Kier alpha value is -3.27. The summed E-state index contributed by atoms with van der Waals surface area (Å²) in [6.45, 7) is 10.0. The number of carbonyl (C=O) groups excluding carboxylic acids is 1. The van der Waals surface area contributed by atoms with Crippen LogP contribution in [0.5, 0.6) is 0 Å². The maximum Gasteiger partial charge on any atom is 0.333 e. The van der Waals surface area contributed by atoms with Gasteiger partial charge in [-0.1, -0.05) is 81.8 Å². The van der Waals surface area contributed by atoms with E-state index in [2.05, 4.69) is 32.6 Å². The van der Waals surface area contributed by atoms with Crippen molar-refractivity contribution in [1.29, 1.82) is 0 Å². The van der Waals surface area contributed by atoms with Gasteiger partial charge in [-0.3, -0.25) is 0 Å². The van der Waals surface area contributed by atoms with Crippen LogP contribution in [0, 0.1) is 23.5 Å². The van der Waals surface area contributed by atoms with E-state index < -0.39 is 0 Å². The van der Waals surface area contributed by atoms with E-state index >= 15 is 8.78 Å². The second kappa shape index (κ2) is 13.9. The first-order valence-electron chi connectivity index (χ1n) is 14.8. The molecule has 0 heterocycles. The summed E-state index contributed by atoms with van der Waals surface area (Å²) in [6.07, 6.45) is 8.60. The van der Waals surface area contributed by atoms with Crippen LogP contribution >= 0.6 is 0 Å². The van der Waals surface area contributed by atoms with Gasteiger partial charge in [0.1, 0.15) is 11.6 Å². The molecule has 0 radical (unpaired) electrons. The Kier molecular flexibility index (Phi) is 10.3. The van der Waals surface area contributed by atoms with Gasteiger partial charge < -0.3 is 4.74 Å². The Morgan fingerprint density at radius 1 is 0.900 bits per heavy atom. The molecule has 0 spiro atoms. The fourth-order valence-corrected chi connectivity index (χ4v) is 5.85.